The molecule has 6 heavy (non-hydrogen) atoms. The Bertz CT molecular complexity index is 88.7. The SMILES string of the molecule is [Mo].[O]=[Mo](=[O])([OH])[OH]. The van der Waals surface area contributed by atoms with Crippen LogP contribution in [0.3, 0.4) is 0 Å². The first kappa shape index (κ1) is 10.0. The second-order valence-electron chi connectivity index (χ2n) is 0.448. The molecule has 0 saturated heterocycles. The molecule has 0 unspecified atom stereocenters. The van der Waals surface area contributed by atoms with E-state index in [0.717, 1.165) is 0 Å². The molecular formula is H2Mo2O4. The van der Waals surface area contributed by atoms with Gasteiger partial charge in [0.15, 0.2) is 0 Å². The van der Waals surface area contributed by atoms with Crippen LogP contribution in [0.2, 0.25) is 0 Å². The first-order valence-corrected chi connectivity index (χ1v) is 4.13. The molecule has 0 amide bonds. The molecule has 4 nitrogen and oxygen atoms in total. The van der Waals surface area contributed by atoms with Crippen LogP contribution >= 0.6 is 0 Å². The van der Waals surface area contributed by atoms with E-state index in [-0.39, 0.29) is 21.1 Å². The average molecular weight is 258 g/mol. The molecular weight excluding hydrogens is 256 g/mol. The van der Waals surface area contributed by atoms with Gasteiger partial charge >= 0.3 is 31.1 Å². The van der Waals surface area contributed by atoms with E-state index in [2.05, 4.69) is 0 Å². The van der Waals surface area contributed by atoms with Gasteiger partial charge in [-0.2, -0.15) is 0 Å². The van der Waals surface area contributed by atoms with Crippen molar-refractivity contribution in [3.63, 3.8) is 0 Å². The Morgan fingerprint density at radius 3 is 1.17 bits per heavy atom. The van der Waals surface area contributed by atoms with Crippen LogP contribution in [0, 0.1) is 0 Å². The molecule has 0 atom stereocenters. The van der Waals surface area contributed by atoms with Crippen LogP contribution in [0.4, 0.5) is 0 Å². The van der Waals surface area contributed by atoms with Gasteiger partial charge in [0.2, 0.25) is 0 Å². The maximum atomic E-state index is 8.85. The summed E-state index contributed by atoms with van der Waals surface area (Å²) in [6, 6.07) is 0. The predicted molar refractivity (Wildman–Crippen MR) is 5.81 cm³/mol. The Balaban J connectivity index is 0. The van der Waals surface area contributed by atoms with E-state index in [1.54, 1.807) is 0 Å². The predicted octanol–water partition coefficient (Wildman–Crippen LogP) is -1.36. The summed E-state index contributed by atoms with van der Waals surface area (Å²) in [5, 5.41) is 0. The maximum absolute atomic E-state index is 8.85. The van der Waals surface area contributed by atoms with E-state index >= 15 is 0 Å². The molecule has 0 saturated carbocycles. The Labute approximate surface area is 52.2 Å². The topological polar surface area (TPSA) is 74.6 Å². The molecule has 0 aliphatic rings. The van der Waals surface area contributed by atoms with Crippen molar-refractivity contribution in [1.29, 1.82) is 0 Å². The summed E-state index contributed by atoms with van der Waals surface area (Å²) >= 11 is -5.52. The Hall–Kier alpha value is 0.897. The molecule has 0 radical (unpaired) electrons. The second kappa shape index (κ2) is 2.97. The van der Waals surface area contributed by atoms with Gasteiger partial charge < -0.3 is 0 Å². The van der Waals surface area contributed by atoms with E-state index < -0.39 is 16.7 Å². The molecule has 0 aromatic heterocycles. The van der Waals surface area contributed by atoms with E-state index in [4.69, 9.17) is 14.3 Å². The molecule has 0 rings (SSSR count). The summed E-state index contributed by atoms with van der Waals surface area (Å²) in [7, 11) is 0. The van der Waals surface area contributed by atoms with Crippen molar-refractivity contribution in [2.45, 2.75) is 0 Å². The first-order valence-electron chi connectivity index (χ1n) is 0.698. The first-order chi connectivity index (χ1) is 2.00. The standard InChI is InChI=1S/2Mo.2H2O.2O/h;;2*1H2;;/q;+2;;;;/p-2. The van der Waals surface area contributed by atoms with Crippen molar-refractivity contribution < 1.29 is 52.1 Å². The molecule has 0 aliphatic heterocycles. The molecule has 0 aromatic rings. The summed E-state index contributed by atoms with van der Waals surface area (Å²) in [4.78, 5) is 0. The van der Waals surface area contributed by atoms with Gasteiger partial charge in [-0.05, 0) is 0 Å². The summed E-state index contributed by atoms with van der Waals surface area (Å²) < 4.78 is 32.0. The van der Waals surface area contributed by atoms with Crippen molar-refractivity contribution in [2.24, 2.45) is 0 Å². The van der Waals surface area contributed by atoms with Gasteiger partial charge in [-0.25, -0.2) is 0 Å². The van der Waals surface area contributed by atoms with E-state index in [9.17, 15) is 0 Å². The summed E-state index contributed by atoms with van der Waals surface area (Å²) in [5.41, 5.74) is 0. The van der Waals surface area contributed by atoms with Gasteiger partial charge in [-0.3, -0.25) is 0 Å². The van der Waals surface area contributed by atoms with Gasteiger partial charge in [0.05, 0.1) is 0 Å². The molecule has 6 heteroatoms. The number of hydrogen-bond acceptors (Lipinski definition) is 2. The molecule has 0 heterocycles. The van der Waals surface area contributed by atoms with E-state index in [1.165, 1.54) is 0 Å². The molecule has 0 aliphatic carbocycles. The third-order valence-corrected chi connectivity index (χ3v) is 0. The van der Waals surface area contributed by atoms with Crippen LogP contribution in [-0.4, -0.2) is 7.52 Å². The second-order valence-corrected chi connectivity index (χ2v) is 2.65. The van der Waals surface area contributed by atoms with Gasteiger partial charge in [-0.15, -0.1) is 0 Å². The Morgan fingerprint density at radius 1 is 1.17 bits per heavy atom. The molecule has 0 spiro atoms. The normalized spacial score (nSPS) is 9.67. The van der Waals surface area contributed by atoms with Crippen LogP contribution in [0.5, 0.6) is 0 Å². The third kappa shape index (κ3) is 92.5. The van der Waals surface area contributed by atoms with Crippen LogP contribution in [0.15, 0.2) is 0 Å². The van der Waals surface area contributed by atoms with Crippen molar-refractivity contribution >= 4 is 0 Å². The summed E-state index contributed by atoms with van der Waals surface area (Å²) in [6.07, 6.45) is 0. The van der Waals surface area contributed by atoms with Crippen LogP contribution < -0.4 is 0 Å². The van der Waals surface area contributed by atoms with Gasteiger partial charge in [-0.1, -0.05) is 0 Å². The fraction of sp³-hybridized carbons (Fsp3) is 0. The van der Waals surface area contributed by atoms with E-state index in [0.29, 0.717) is 0 Å². The average Bonchev–Trinajstić information content (AvgIpc) is 0.722. The fourth-order valence-corrected chi connectivity index (χ4v) is 0. The van der Waals surface area contributed by atoms with Gasteiger partial charge in [0.25, 0.3) is 0 Å². The zero-order valence-corrected chi connectivity index (χ0v) is 6.54. The van der Waals surface area contributed by atoms with Crippen molar-refractivity contribution in [2.75, 3.05) is 0 Å². The molecule has 38 valence electrons. The molecule has 0 fully saturated rings. The zero-order valence-electron chi connectivity index (χ0n) is 2.53. The minimum atomic E-state index is -5.52. The quantitative estimate of drug-likeness (QED) is 0.526. The summed E-state index contributed by atoms with van der Waals surface area (Å²) in [5.74, 6) is 0. The monoisotopic (exact) mass is 262 g/mol. The van der Waals surface area contributed by atoms with Crippen molar-refractivity contribution in [1.82, 2.24) is 0 Å². The number of rotatable bonds is 0. The fourth-order valence-electron chi connectivity index (χ4n) is 0. The molecule has 2 N–H and O–H groups in total. The molecule has 0 aromatic carbocycles. The minimum absolute atomic E-state index is 0. The third-order valence-electron chi connectivity index (χ3n) is 0. The Morgan fingerprint density at radius 2 is 1.17 bits per heavy atom. The van der Waals surface area contributed by atoms with E-state index in [1.807, 2.05) is 0 Å². The van der Waals surface area contributed by atoms with Crippen LogP contribution in [-0.2, 0) is 44.6 Å². The van der Waals surface area contributed by atoms with Gasteiger partial charge in [0.1, 0.15) is 0 Å². The van der Waals surface area contributed by atoms with Crippen LogP contribution in [0.25, 0.3) is 0 Å². The molecule has 0 bridgehead atoms. The zero-order chi connectivity index (χ0) is 4.50. The summed E-state index contributed by atoms with van der Waals surface area (Å²) in [6.45, 7) is 0. The van der Waals surface area contributed by atoms with Crippen molar-refractivity contribution in [3.05, 3.63) is 0 Å². The van der Waals surface area contributed by atoms with Crippen LogP contribution in [0.1, 0.15) is 0 Å². The Kier molecular flexibility index (Phi) is 4.95. The number of hydrogen-bond donors (Lipinski definition) is 2. The van der Waals surface area contributed by atoms with Gasteiger partial charge in [0, 0.05) is 21.1 Å². The van der Waals surface area contributed by atoms with Crippen molar-refractivity contribution in [3.8, 4) is 0 Å².